The molecule has 0 bridgehead atoms. The van der Waals surface area contributed by atoms with Crippen LogP contribution < -0.4 is 0 Å². The molecule has 0 aromatic heterocycles. The molecule has 29 heavy (non-hydrogen) atoms. The fourth-order valence-corrected chi connectivity index (χ4v) is 4.28. The SMILES string of the molecule is C=CCCOCc1ccc(-c2ccc(C3CCC(C/C=C/CC)CC3)cc2)cc1. The van der Waals surface area contributed by atoms with Crippen LogP contribution in [0.15, 0.2) is 73.3 Å². The molecule has 1 saturated carbocycles. The lowest BCUT2D eigenvalue weighted by molar-refractivity contribution is 0.125. The molecular weight excluding hydrogens is 352 g/mol. The van der Waals surface area contributed by atoms with E-state index in [1.54, 1.807) is 0 Å². The van der Waals surface area contributed by atoms with E-state index < -0.39 is 0 Å². The minimum absolute atomic E-state index is 0.671. The van der Waals surface area contributed by atoms with Crippen LogP contribution in [0.5, 0.6) is 0 Å². The largest absolute Gasteiger partial charge is 0.376 e. The monoisotopic (exact) mass is 388 g/mol. The molecule has 1 aliphatic carbocycles. The van der Waals surface area contributed by atoms with Gasteiger partial charge in [-0.15, -0.1) is 6.58 Å². The molecule has 0 heterocycles. The Morgan fingerprint density at radius 3 is 2.17 bits per heavy atom. The van der Waals surface area contributed by atoms with Gasteiger partial charge in [-0.25, -0.2) is 0 Å². The molecule has 2 aromatic carbocycles. The van der Waals surface area contributed by atoms with Gasteiger partial charge in [0.2, 0.25) is 0 Å². The first kappa shape index (κ1) is 21.6. The Kier molecular flexibility index (Phi) is 8.77. The van der Waals surface area contributed by atoms with E-state index >= 15 is 0 Å². The summed E-state index contributed by atoms with van der Waals surface area (Å²) >= 11 is 0. The highest BCUT2D eigenvalue weighted by Gasteiger charge is 2.21. The summed E-state index contributed by atoms with van der Waals surface area (Å²) < 4.78 is 5.65. The molecule has 0 amide bonds. The lowest BCUT2D eigenvalue weighted by Crippen LogP contribution is -2.12. The third kappa shape index (κ3) is 6.72. The van der Waals surface area contributed by atoms with Crippen molar-refractivity contribution in [2.45, 2.75) is 64.4 Å². The van der Waals surface area contributed by atoms with Crippen molar-refractivity contribution in [3.05, 3.63) is 84.5 Å². The highest BCUT2D eigenvalue weighted by Crippen LogP contribution is 2.37. The van der Waals surface area contributed by atoms with Crippen molar-refractivity contribution in [2.24, 2.45) is 5.92 Å². The predicted molar refractivity (Wildman–Crippen MR) is 125 cm³/mol. The van der Waals surface area contributed by atoms with E-state index in [0.29, 0.717) is 6.61 Å². The number of benzene rings is 2. The maximum absolute atomic E-state index is 5.65. The van der Waals surface area contributed by atoms with E-state index in [2.05, 4.69) is 74.2 Å². The Labute approximate surface area is 177 Å². The van der Waals surface area contributed by atoms with Gasteiger partial charge in [0.25, 0.3) is 0 Å². The van der Waals surface area contributed by atoms with E-state index in [-0.39, 0.29) is 0 Å². The molecule has 0 radical (unpaired) electrons. The van der Waals surface area contributed by atoms with Gasteiger partial charge in [0.05, 0.1) is 13.2 Å². The average Bonchev–Trinajstić information content (AvgIpc) is 2.78. The number of ether oxygens (including phenoxy) is 1. The standard InChI is InChI=1S/C28H36O/c1-3-5-7-8-23-9-13-25(14-10-23)27-17-19-28(20-18-27)26-15-11-24(12-16-26)22-29-21-6-4-2/h4-5,7,11-12,15-20,23,25H,2-3,6,8-10,13-14,21-22H2,1H3/b7-5+. The van der Waals surface area contributed by atoms with Gasteiger partial charge in [-0.05, 0) is 79.0 Å². The van der Waals surface area contributed by atoms with E-state index in [1.165, 1.54) is 54.4 Å². The van der Waals surface area contributed by atoms with Crippen molar-refractivity contribution >= 4 is 0 Å². The Morgan fingerprint density at radius 2 is 1.55 bits per heavy atom. The first-order valence-electron chi connectivity index (χ1n) is 11.3. The smallest absolute Gasteiger partial charge is 0.0717 e. The second-order valence-corrected chi connectivity index (χ2v) is 8.28. The summed E-state index contributed by atoms with van der Waals surface area (Å²) in [7, 11) is 0. The van der Waals surface area contributed by atoms with Crippen LogP contribution >= 0.6 is 0 Å². The summed E-state index contributed by atoms with van der Waals surface area (Å²) in [5, 5.41) is 0. The molecule has 3 rings (SSSR count). The zero-order valence-electron chi connectivity index (χ0n) is 18.0. The fraction of sp³-hybridized carbons (Fsp3) is 0.429. The Morgan fingerprint density at radius 1 is 0.897 bits per heavy atom. The summed E-state index contributed by atoms with van der Waals surface area (Å²) in [6, 6.07) is 18.0. The minimum Gasteiger partial charge on any atom is -0.376 e. The van der Waals surface area contributed by atoms with Crippen LogP contribution in [0.3, 0.4) is 0 Å². The zero-order valence-corrected chi connectivity index (χ0v) is 18.0. The van der Waals surface area contributed by atoms with Crippen LogP contribution in [0.4, 0.5) is 0 Å². The number of hydrogen-bond acceptors (Lipinski definition) is 1. The van der Waals surface area contributed by atoms with Crippen LogP contribution in [0.25, 0.3) is 11.1 Å². The molecule has 154 valence electrons. The van der Waals surface area contributed by atoms with Gasteiger partial charge in [0.1, 0.15) is 0 Å². The second-order valence-electron chi connectivity index (χ2n) is 8.28. The summed E-state index contributed by atoms with van der Waals surface area (Å²) in [5.41, 5.74) is 5.31. The van der Waals surface area contributed by atoms with E-state index in [0.717, 1.165) is 31.3 Å². The fourth-order valence-electron chi connectivity index (χ4n) is 4.28. The third-order valence-corrected chi connectivity index (χ3v) is 6.12. The summed E-state index contributed by atoms with van der Waals surface area (Å²) in [6.45, 7) is 7.35. The lowest BCUT2D eigenvalue weighted by atomic mass is 9.77. The normalized spacial score (nSPS) is 19.5. The van der Waals surface area contributed by atoms with Gasteiger partial charge in [0.15, 0.2) is 0 Å². The third-order valence-electron chi connectivity index (χ3n) is 6.12. The molecule has 0 N–H and O–H groups in total. The molecule has 0 saturated heterocycles. The molecule has 2 aromatic rings. The molecular formula is C28H36O. The topological polar surface area (TPSA) is 9.23 Å². The van der Waals surface area contributed by atoms with Crippen molar-refractivity contribution in [1.29, 1.82) is 0 Å². The number of rotatable bonds is 10. The molecule has 0 aliphatic heterocycles. The molecule has 1 nitrogen and oxygen atoms in total. The van der Waals surface area contributed by atoms with Gasteiger partial charge in [-0.2, -0.15) is 0 Å². The Hall–Kier alpha value is -2.12. The number of allylic oxidation sites excluding steroid dienone is 2. The predicted octanol–water partition coefficient (Wildman–Crippen LogP) is 8.08. The van der Waals surface area contributed by atoms with Crippen molar-refractivity contribution in [1.82, 2.24) is 0 Å². The van der Waals surface area contributed by atoms with Crippen LogP contribution in [0.1, 0.15) is 68.9 Å². The second kappa shape index (κ2) is 11.8. The summed E-state index contributed by atoms with van der Waals surface area (Å²) in [4.78, 5) is 0. The molecule has 1 aliphatic rings. The minimum atomic E-state index is 0.671. The van der Waals surface area contributed by atoms with Gasteiger partial charge >= 0.3 is 0 Å². The zero-order chi connectivity index (χ0) is 20.3. The first-order valence-corrected chi connectivity index (χ1v) is 11.3. The average molecular weight is 389 g/mol. The lowest BCUT2D eigenvalue weighted by Gasteiger charge is -2.28. The van der Waals surface area contributed by atoms with Crippen molar-refractivity contribution < 1.29 is 4.74 Å². The molecule has 0 unspecified atom stereocenters. The molecule has 1 heteroatoms. The Bertz CT molecular complexity index is 746. The van der Waals surface area contributed by atoms with Gasteiger partial charge in [0, 0.05) is 0 Å². The first-order chi connectivity index (χ1) is 14.3. The number of hydrogen-bond donors (Lipinski definition) is 0. The van der Waals surface area contributed by atoms with Gasteiger partial charge in [-0.3, -0.25) is 0 Å². The Balaban J connectivity index is 1.51. The van der Waals surface area contributed by atoms with Gasteiger partial charge in [-0.1, -0.05) is 73.7 Å². The van der Waals surface area contributed by atoms with Crippen LogP contribution in [0.2, 0.25) is 0 Å². The highest BCUT2D eigenvalue weighted by atomic mass is 16.5. The van der Waals surface area contributed by atoms with E-state index in [4.69, 9.17) is 4.74 Å². The maximum Gasteiger partial charge on any atom is 0.0717 e. The van der Waals surface area contributed by atoms with Gasteiger partial charge < -0.3 is 4.74 Å². The molecule has 0 atom stereocenters. The van der Waals surface area contributed by atoms with E-state index in [1.807, 2.05) is 6.08 Å². The van der Waals surface area contributed by atoms with Crippen molar-refractivity contribution in [3.8, 4) is 11.1 Å². The van der Waals surface area contributed by atoms with Crippen LogP contribution in [0, 0.1) is 5.92 Å². The van der Waals surface area contributed by atoms with Crippen molar-refractivity contribution in [2.75, 3.05) is 6.61 Å². The van der Waals surface area contributed by atoms with Crippen LogP contribution in [-0.2, 0) is 11.3 Å². The van der Waals surface area contributed by atoms with E-state index in [9.17, 15) is 0 Å². The highest BCUT2D eigenvalue weighted by molar-refractivity contribution is 5.64. The quantitative estimate of drug-likeness (QED) is 0.295. The van der Waals surface area contributed by atoms with Crippen molar-refractivity contribution in [3.63, 3.8) is 0 Å². The summed E-state index contributed by atoms with van der Waals surface area (Å²) in [5.74, 6) is 1.64. The summed E-state index contributed by atoms with van der Waals surface area (Å²) in [6.07, 6.45) is 15.3. The van der Waals surface area contributed by atoms with Crippen LogP contribution in [-0.4, -0.2) is 6.61 Å². The maximum atomic E-state index is 5.65. The molecule has 1 fully saturated rings. The molecule has 0 spiro atoms.